The van der Waals surface area contributed by atoms with Crippen LogP contribution in [0.3, 0.4) is 0 Å². The molecule has 0 amide bonds. The monoisotopic (exact) mass is 391 g/mol. The minimum Gasteiger partial charge on any atom is -0.490 e. The van der Waals surface area contributed by atoms with Crippen LogP contribution >= 0.6 is 15.9 Å². The Bertz CT molecular complexity index is 746. The van der Waals surface area contributed by atoms with Gasteiger partial charge in [0.05, 0.1) is 4.92 Å². The number of hydrogen-bond acceptors (Lipinski definition) is 5. The zero-order chi connectivity index (χ0) is 17.1. The molecule has 0 spiro atoms. The highest BCUT2D eigenvalue weighted by Gasteiger charge is 2.28. The third-order valence-electron chi connectivity index (χ3n) is 4.13. The van der Waals surface area contributed by atoms with Crippen molar-refractivity contribution >= 4 is 27.4 Å². The smallest absolute Gasteiger partial charge is 0.314 e. The van der Waals surface area contributed by atoms with Crippen molar-refractivity contribution in [1.29, 1.82) is 0 Å². The van der Waals surface area contributed by atoms with E-state index in [-0.39, 0.29) is 16.7 Å². The lowest BCUT2D eigenvalue weighted by Gasteiger charge is -2.32. The van der Waals surface area contributed by atoms with Gasteiger partial charge in [0, 0.05) is 42.2 Å². The number of benzene rings is 1. The normalized spacial score (nSPS) is 15.3. The van der Waals surface area contributed by atoms with E-state index in [1.54, 1.807) is 19.2 Å². The Balaban J connectivity index is 1.67. The Kier molecular flexibility index (Phi) is 4.99. The van der Waals surface area contributed by atoms with E-state index in [0.717, 1.165) is 23.1 Å². The molecule has 0 aliphatic carbocycles. The van der Waals surface area contributed by atoms with Gasteiger partial charge in [0.15, 0.2) is 0 Å². The molecule has 1 aromatic carbocycles. The van der Waals surface area contributed by atoms with Gasteiger partial charge in [-0.3, -0.25) is 10.1 Å². The van der Waals surface area contributed by atoms with E-state index in [4.69, 9.17) is 4.74 Å². The average molecular weight is 392 g/mol. The molecule has 2 aromatic rings. The van der Waals surface area contributed by atoms with Gasteiger partial charge in [-0.25, -0.2) is 4.98 Å². The summed E-state index contributed by atoms with van der Waals surface area (Å²) in [6.07, 6.45) is 3.35. The molecule has 1 fully saturated rings. The fraction of sp³-hybridized carbons (Fsp3) is 0.353. The molecule has 0 radical (unpaired) electrons. The predicted molar refractivity (Wildman–Crippen MR) is 95.6 cm³/mol. The van der Waals surface area contributed by atoms with Crippen LogP contribution in [0, 0.1) is 17.0 Å². The van der Waals surface area contributed by atoms with Crippen LogP contribution in [-0.2, 0) is 0 Å². The summed E-state index contributed by atoms with van der Waals surface area (Å²) in [6.45, 7) is 3.12. The van der Waals surface area contributed by atoms with E-state index in [2.05, 4.69) is 20.9 Å². The standard InChI is InChI=1S/C17H18BrN3O3/c1-12-5-8-19-17(16(12)21(22)23)20-9-6-14(7-10-20)24-15-4-2-3-13(18)11-15/h2-5,8,11,14H,6-7,9-10H2,1H3. The predicted octanol–water partition coefficient (Wildman–Crippen LogP) is 4.11. The number of rotatable bonds is 4. The third-order valence-corrected chi connectivity index (χ3v) is 4.62. The Hall–Kier alpha value is -2.15. The highest BCUT2D eigenvalue weighted by molar-refractivity contribution is 9.10. The second kappa shape index (κ2) is 7.17. The second-order valence-electron chi connectivity index (χ2n) is 5.82. The Morgan fingerprint density at radius 3 is 2.75 bits per heavy atom. The number of aryl methyl sites for hydroxylation is 1. The van der Waals surface area contributed by atoms with Crippen LogP contribution < -0.4 is 9.64 Å². The SMILES string of the molecule is Cc1ccnc(N2CCC(Oc3cccc(Br)c3)CC2)c1[N+](=O)[O-]. The number of nitrogens with zero attached hydrogens (tertiary/aromatic N) is 3. The largest absolute Gasteiger partial charge is 0.490 e. The molecule has 0 atom stereocenters. The Morgan fingerprint density at radius 2 is 2.08 bits per heavy atom. The molecule has 2 heterocycles. The topological polar surface area (TPSA) is 68.5 Å². The number of pyridine rings is 1. The van der Waals surface area contributed by atoms with E-state index in [1.165, 1.54) is 0 Å². The minimum atomic E-state index is -0.345. The highest BCUT2D eigenvalue weighted by Crippen LogP contribution is 2.31. The highest BCUT2D eigenvalue weighted by atomic mass is 79.9. The lowest BCUT2D eigenvalue weighted by Crippen LogP contribution is -2.39. The van der Waals surface area contributed by atoms with E-state index in [1.807, 2.05) is 29.2 Å². The van der Waals surface area contributed by atoms with Gasteiger partial charge in [0.25, 0.3) is 0 Å². The number of halogens is 1. The number of anilines is 1. The van der Waals surface area contributed by atoms with Crippen LogP contribution in [0.2, 0.25) is 0 Å². The van der Waals surface area contributed by atoms with E-state index < -0.39 is 0 Å². The zero-order valence-corrected chi connectivity index (χ0v) is 14.9. The summed E-state index contributed by atoms with van der Waals surface area (Å²) in [4.78, 5) is 17.2. The first-order chi connectivity index (χ1) is 11.5. The summed E-state index contributed by atoms with van der Waals surface area (Å²) in [5.74, 6) is 1.29. The van der Waals surface area contributed by atoms with Crippen molar-refractivity contribution in [2.24, 2.45) is 0 Å². The molecular formula is C17H18BrN3O3. The first kappa shape index (κ1) is 16.7. The molecule has 126 valence electrons. The molecule has 0 unspecified atom stereocenters. The van der Waals surface area contributed by atoms with Crippen molar-refractivity contribution in [3.63, 3.8) is 0 Å². The van der Waals surface area contributed by atoms with Gasteiger partial charge < -0.3 is 9.64 Å². The number of aromatic nitrogens is 1. The van der Waals surface area contributed by atoms with Crippen LogP contribution in [0.15, 0.2) is 41.0 Å². The summed E-state index contributed by atoms with van der Waals surface area (Å²) in [5.41, 5.74) is 0.737. The Morgan fingerprint density at radius 1 is 1.33 bits per heavy atom. The lowest BCUT2D eigenvalue weighted by molar-refractivity contribution is -0.384. The van der Waals surface area contributed by atoms with Crippen molar-refractivity contribution in [2.45, 2.75) is 25.9 Å². The summed E-state index contributed by atoms with van der Waals surface area (Å²) >= 11 is 3.44. The van der Waals surface area contributed by atoms with Gasteiger partial charge in [-0.2, -0.15) is 0 Å². The molecular weight excluding hydrogens is 374 g/mol. The van der Waals surface area contributed by atoms with Gasteiger partial charge in [0.1, 0.15) is 11.9 Å². The van der Waals surface area contributed by atoms with Crippen molar-refractivity contribution in [3.05, 3.63) is 56.7 Å². The molecule has 7 heteroatoms. The number of nitro groups is 1. The molecule has 1 aliphatic rings. The van der Waals surface area contributed by atoms with Gasteiger partial charge in [-0.1, -0.05) is 22.0 Å². The van der Waals surface area contributed by atoms with Crippen molar-refractivity contribution in [1.82, 2.24) is 4.98 Å². The van der Waals surface area contributed by atoms with Gasteiger partial charge in [-0.15, -0.1) is 0 Å². The van der Waals surface area contributed by atoms with Gasteiger partial charge in [0.2, 0.25) is 5.82 Å². The summed E-state index contributed by atoms with van der Waals surface area (Å²) in [7, 11) is 0. The maximum absolute atomic E-state index is 11.3. The molecule has 1 aliphatic heterocycles. The maximum atomic E-state index is 11.3. The fourth-order valence-corrected chi connectivity index (χ4v) is 3.29. The van der Waals surface area contributed by atoms with E-state index in [9.17, 15) is 10.1 Å². The van der Waals surface area contributed by atoms with E-state index >= 15 is 0 Å². The molecule has 1 aromatic heterocycles. The molecule has 0 bridgehead atoms. The summed E-state index contributed by atoms with van der Waals surface area (Å²) in [5, 5.41) is 11.3. The molecule has 1 saturated heterocycles. The van der Waals surface area contributed by atoms with Crippen LogP contribution in [0.1, 0.15) is 18.4 Å². The van der Waals surface area contributed by atoms with Crippen LogP contribution in [-0.4, -0.2) is 29.1 Å². The number of hydrogen-bond donors (Lipinski definition) is 0. The molecule has 3 rings (SSSR count). The maximum Gasteiger partial charge on any atom is 0.314 e. The first-order valence-electron chi connectivity index (χ1n) is 7.82. The van der Waals surface area contributed by atoms with Crippen LogP contribution in [0.25, 0.3) is 0 Å². The molecule has 0 N–H and O–H groups in total. The minimum absolute atomic E-state index is 0.101. The first-order valence-corrected chi connectivity index (χ1v) is 8.61. The van der Waals surface area contributed by atoms with Crippen molar-refractivity contribution in [3.8, 4) is 5.75 Å². The molecule has 0 saturated carbocycles. The van der Waals surface area contributed by atoms with Gasteiger partial charge in [-0.05, 0) is 31.2 Å². The zero-order valence-electron chi connectivity index (χ0n) is 13.3. The average Bonchev–Trinajstić information content (AvgIpc) is 2.55. The van der Waals surface area contributed by atoms with Crippen molar-refractivity contribution in [2.75, 3.05) is 18.0 Å². The van der Waals surface area contributed by atoms with Crippen LogP contribution in [0.5, 0.6) is 5.75 Å². The van der Waals surface area contributed by atoms with Crippen LogP contribution in [0.4, 0.5) is 11.5 Å². The summed E-state index contributed by atoms with van der Waals surface area (Å²) in [6, 6.07) is 9.45. The molecule has 24 heavy (non-hydrogen) atoms. The summed E-state index contributed by atoms with van der Waals surface area (Å²) < 4.78 is 6.99. The molecule has 6 nitrogen and oxygen atoms in total. The Labute approximate surface area is 148 Å². The van der Waals surface area contributed by atoms with E-state index in [0.29, 0.717) is 24.5 Å². The number of piperidine rings is 1. The number of ether oxygens (including phenoxy) is 1. The fourth-order valence-electron chi connectivity index (χ4n) is 2.91. The third kappa shape index (κ3) is 3.67. The van der Waals surface area contributed by atoms with Gasteiger partial charge >= 0.3 is 5.69 Å². The lowest BCUT2D eigenvalue weighted by atomic mass is 10.1. The van der Waals surface area contributed by atoms with Crippen molar-refractivity contribution < 1.29 is 9.66 Å². The quantitative estimate of drug-likeness (QED) is 0.579. The second-order valence-corrected chi connectivity index (χ2v) is 6.73.